The van der Waals surface area contributed by atoms with Crippen LogP contribution >= 0.6 is 11.8 Å². The van der Waals surface area contributed by atoms with Gasteiger partial charge in [-0.2, -0.15) is 4.98 Å². The zero-order chi connectivity index (χ0) is 12.1. The minimum Gasteiger partial charge on any atom is -0.355 e. The summed E-state index contributed by atoms with van der Waals surface area (Å²) in [6, 6.07) is 0. The van der Waals surface area contributed by atoms with Gasteiger partial charge in [0.15, 0.2) is 0 Å². The summed E-state index contributed by atoms with van der Waals surface area (Å²) in [5, 5.41) is 11.1. The molecular formula is C12H22N4S. The van der Waals surface area contributed by atoms with Gasteiger partial charge in [0.2, 0.25) is 11.1 Å². The molecule has 4 nitrogen and oxygen atoms in total. The van der Waals surface area contributed by atoms with Crippen LogP contribution in [0.1, 0.15) is 39.5 Å². The molecule has 1 fully saturated rings. The van der Waals surface area contributed by atoms with E-state index in [4.69, 9.17) is 0 Å². The van der Waals surface area contributed by atoms with Crippen LogP contribution in [0.25, 0.3) is 0 Å². The number of aromatic amines is 1. The summed E-state index contributed by atoms with van der Waals surface area (Å²) in [5.41, 5.74) is 0. The van der Waals surface area contributed by atoms with Crippen LogP contribution < -0.4 is 5.32 Å². The fourth-order valence-electron chi connectivity index (χ4n) is 2.25. The third-order valence-electron chi connectivity index (χ3n) is 3.39. The lowest BCUT2D eigenvalue weighted by atomic mass is 9.84. The maximum atomic E-state index is 4.38. The van der Waals surface area contributed by atoms with Crippen LogP contribution in [0.4, 0.5) is 5.95 Å². The Morgan fingerprint density at radius 1 is 1.35 bits per heavy atom. The Balaban J connectivity index is 1.73. The molecule has 0 atom stereocenters. The van der Waals surface area contributed by atoms with Crippen LogP contribution in [0, 0.1) is 11.8 Å². The molecule has 0 saturated heterocycles. The maximum Gasteiger partial charge on any atom is 0.219 e. The van der Waals surface area contributed by atoms with E-state index in [1.54, 1.807) is 11.8 Å². The fraction of sp³-hybridized carbons (Fsp3) is 0.833. The van der Waals surface area contributed by atoms with E-state index in [0.717, 1.165) is 35.2 Å². The lowest BCUT2D eigenvalue weighted by Gasteiger charge is -2.25. The maximum absolute atomic E-state index is 4.38. The summed E-state index contributed by atoms with van der Waals surface area (Å²) < 4.78 is 0. The first-order valence-corrected chi connectivity index (χ1v) is 7.55. The standard InChI is InChI=1S/C12H22N4S/c1-3-13-11-14-12(16-15-11)17-8-10-6-4-9(2)5-7-10/h9-10H,3-8H2,1-2H3,(H2,13,14,15,16). The Morgan fingerprint density at radius 3 is 2.82 bits per heavy atom. The van der Waals surface area contributed by atoms with Gasteiger partial charge in [0.1, 0.15) is 0 Å². The summed E-state index contributed by atoms with van der Waals surface area (Å²) in [5.74, 6) is 3.74. The summed E-state index contributed by atoms with van der Waals surface area (Å²) in [6.45, 7) is 5.29. The van der Waals surface area contributed by atoms with Crippen molar-refractivity contribution in [3.05, 3.63) is 0 Å². The van der Waals surface area contributed by atoms with Gasteiger partial charge < -0.3 is 5.32 Å². The molecule has 0 amide bonds. The van der Waals surface area contributed by atoms with Crippen molar-refractivity contribution in [2.45, 2.75) is 44.7 Å². The van der Waals surface area contributed by atoms with Crippen molar-refractivity contribution >= 4 is 17.7 Å². The topological polar surface area (TPSA) is 53.6 Å². The number of rotatable bonds is 5. The lowest BCUT2D eigenvalue weighted by Crippen LogP contribution is -2.14. The first kappa shape index (κ1) is 12.7. The molecule has 96 valence electrons. The molecule has 17 heavy (non-hydrogen) atoms. The molecule has 0 bridgehead atoms. The number of anilines is 1. The van der Waals surface area contributed by atoms with E-state index in [-0.39, 0.29) is 0 Å². The van der Waals surface area contributed by atoms with Crippen LogP contribution in [-0.4, -0.2) is 27.5 Å². The van der Waals surface area contributed by atoms with E-state index in [0.29, 0.717) is 0 Å². The number of thioether (sulfide) groups is 1. The van der Waals surface area contributed by atoms with Crippen LogP contribution in [0.2, 0.25) is 0 Å². The smallest absolute Gasteiger partial charge is 0.219 e. The summed E-state index contributed by atoms with van der Waals surface area (Å²) in [7, 11) is 0. The van der Waals surface area contributed by atoms with E-state index in [9.17, 15) is 0 Å². The van der Waals surface area contributed by atoms with Crippen molar-refractivity contribution in [1.29, 1.82) is 0 Å². The van der Waals surface area contributed by atoms with Gasteiger partial charge in [0.25, 0.3) is 0 Å². The molecule has 0 radical (unpaired) electrons. The van der Waals surface area contributed by atoms with Crippen molar-refractivity contribution < 1.29 is 0 Å². The zero-order valence-electron chi connectivity index (χ0n) is 10.7. The van der Waals surface area contributed by atoms with Crippen molar-refractivity contribution in [1.82, 2.24) is 15.2 Å². The molecule has 1 aromatic rings. The Hall–Kier alpha value is -0.710. The van der Waals surface area contributed by atoms with Gasteiger partial charge in [0.05, 0.1) is 0 Å². The SMILES string of the molecule is CCNc1nc(SCC2CCC(C)CC2)n[nH]1. The lowest BCUT2D eigenvalue weighted by molar-refractivity contribution is 0.311. The normalized spacial score (nSPS) is 24.8. The highest BCUT2D eigenvalue weighted by molar-refractivity contribution is 7.99. The fourth-order valence-corrected chi connectivity index (χ4v) is 3.23. The zero-order valence-corrected chi connectivity index (χ0v) is 11.5. The average Bonchev–Trinajstić information content (AvgIpc) is 2.77. The molecule has 1 heterocycles. The monoisotopic (exact) mass is 254 g/mol. The van der Waals surface area contributed by atoms with E-state index >= 15 is 0 Å². The highest BCUT2D eigenvalue weighted by Crippen LogP contribution is 2.31. The second-order valence-corrected chi connectivity index (χ2v) is 5.92. The second kappa shape index (κ2) is 6.28. The van der Waals surface area contributed by atoms with E-state index in [1.165, 1.54) is 25.7 Å². The second-order valence-electron chi connectivity index (χ2n) is 4.93. The Kier molecular flexibility index (Phi) is 4.71. The minimum atomic E-state index is 0.785. The number of H-pyrrole nitrogens is 1. The van der Waals surface area contributed by atoms with Crippen molar-refractivity contribution in [3.8, 4) is 0 Å². The molecule has 0 aliphatic heterocycles. The minimum absolute atomic E-state index is 0.785. The first-order valence-electron chi connectivity index (χ1n) is 6.57. The van der Waals surface area contributed by atoms with Crippen molar-refractivity contribution in [2.24, 2.45) is 11.8 Å². The van der Waals surface area contributed by atoms with Crippen molar-refractivity contribution in [2.75, 3.05) is 17.6 Å². The molecule has 1 aromatic heterocycles. The van der Waals surface area contributed by atoms with Crippen LogP contribution in [-0.2, 0) is 0 Å². The van der Waals surface area contributed by atoms with Gasteiger partial charge in [0, 0.05) is 12.3 Å². The van der Waals surface area contributed by atoms with Gasteiger partial charge >= 0.3 is 0 Å². The van der Waals surface area contributed by atoms with E-state index in [1.807, 2.05) is 0 Å². The largest absolute Gasteiger partial charge is 0.355 e. The number of hydrogen-bond donors (Lipinski definition) is 2. The predicted molar refractivity (Wildman–Crippen MR) is 72.4 cm³/mol. The van der Waals surface area contributed by atoms with Crippen molar-refractivity contribution in [3.63, 3.8) is 0 Å². The molecule has 1 saturated carbocycles. The third-order valence-corrected chi connectivity index (χ3v) is 4.47. The van der Waals surface area contributed by atoms with Crippen LogP contribution in [0.5, 0.6) is 0 Å². The molecule has 2 rings (SSSR count). The number of nitrogens with zero attached hydrogens (tertiary/aromatic N) is 2. The molecule has 1 aliphatic carbocycles. The highest BCUT2D eigenvalue weighted by atomic mass is 32.2. The third kappa shape index (κ3) is 3.91. The summed E-state index contributed by atoms with van der Waals surface area (Å²) in [4.78, 5) is 4.38. The quantitative estimate of drug-likeness (QED) is 0.793. The average molecular weight is 254 g/mol. The predicted octanol–water partition coefficient (Wildman–Crippen LogP) is 3.15. The molecule has 1 aliphatic rings. The number of nitrogens with one attached hydrogen (secondary N) is 2. The van der Waals surface area contributed by atoms with Gasteiger partial charge in [-0.25, -0.2) is 5.10 Å². The van der Waals surface area contributed by atoms with Gasteiger partial charge in [-0.15, -0.1) is 5.10 Å². The highest BCUT2D eigenvalue weighted by Gasteiger charge is 2.18. The van der Waals surface area contributed by atoms with Gasteiger partial charge in [-0.1, -0.05) is 31.5 Å². The van der Waals surface area contributed by atoms with E-state index < -0.39 is 0 Å². The molecular weight excluding hydrogens is 232 g/mol. The Bertz CT molecular complexity index is 331. The number of aromatic nitrogens is 3. The Morgan fingerprint density at radius 2 is 2.12 bits per heavy atom. The summed E-state index contributed by atoms with van der Waals surface area (Å²) >= 11 is 1.78. The Labute approximate surface area is 107 Å². The first-order chi connectivity index (χ1) is 8.28. The van der Waals surface area contributed by atoms with Crippen LogP contribution in [0.3, 0.4) is 0 Å². The number of hydrogen-bond acceptors (Lipinski definition) is 4. The molecule has 0 aromatic carbocycles. The summed E-state index contributed by atoms with van der Waals surface area (Å²) in [6.07, 6.45) is 5.53. The molecule has 5 heteroatoms. The van der Waals surface area contributed by atoms with Gasteiger partial charge in [-0.3, -0.25) is 0 Å². The van der Waals surface area contributed by atoms with Gasteiger partial charge in [-0.05, 0) is 31.6 Å². The molecule has 0 spiro atoms. The van der Waals surface area contributed by atoms with E-state index in [2.05, 4.69) is 34.3 Å². The molecule has 0 unspecified atom stereocenters. The molecule has 2 N–H and O–H groups in total. The van der Waals surface area contributed by atoms with Crippen LogP contribution in [0.15, 0.2) is 5.16 Å².